The molecule has 0 spiro atoms. The van der Waals surface area contributed by atoms with Crippen molar-refractivity contribution in [1.29, 1.82) is 0 Å². The van der Waals surface area contributed by atoms with Gasteiger partial charge in [0.2, 0.25) is 5.91 Å². The van der Waals surface area contributed by atoms with E-state index < -0.39 is 30.1 Å². The molecule has 0 radical (unpaired) electrons. The summed E-state index contributed by atoms with van der Waals surface area (Å²) in [6.45, 7) is 1.71. The Hall–Kier alpha value is -4.14. The van der Waals surface area contributed by atoms with Gasteiger partial charge in [-0.1, -0.05) is 48.5 Å². The fourth-order valence-electron chi connectivity index (χ4n) is 4.26. The molecule has 176 valence electrons. The van der Waals surface area contributed by atoms with Gasteiger partial charge in [0.25, 0.3) is 0 Å². The lowest BCUT2D eigenvalue weighted by Gasteiger charge is -2.21. The van der Waals surface area contributed by atoms with Crippen molar-refractivity contribution in [2.24, 2.45) is 0 Å². The zero-order valence-electron chi connectivity index (χ0n) is 18.7. The molecule has 9 nitrogen and oxygen atoms in total. The van der Waals surface area contributed by atoms with Gasteiger partial charge in [0, 0.05) is 30.3 Å². The molecular formula is C25H26N4O5. The SMILES string of the molecule is C[C@@H](CC(=O)O)NC(=O)[C@@H](Cc1cnc[nH]1)NC(=O)OCC1c2ccccc2-c2ccccc21. The standard InChI is InChI=1S/C25H26N4O5/c1-15(10-23(30)31)28-24(32)22(11-16-12-26-14-27-16)29-25(33)34-13-21-19-8-4-2-6-17(19)18-7-3-5-9-20(18)21/h2-9,12,14-15,21-22H,10-11,13H2,1H3,(H,26,27)(H,28,32)(H,29,33)(H,30,31)/t15-,22+/m0/s1. The van der Waals surface area contributed by atoms with Crippen molar-refractivity contribution >= 4 is 18.0 Å². The van der Waals surface area contributed by atoms with Gasteiger partial charge in [-0.3, -0.25) is 9.59 Å². The van der Waals surface area contributed by atoms with Gasteiger partial charge in [-0.05, 0) is 29.2 Å². The maximum atomic E-state index is 12.8. The number of H-pyrrole nitrogens is 1. The summed E-state index contributed by atoms with van der Waals surface area (Å²) in [5.41, 5.74) is 5.06. The Bertz CT molecular complexity index is 1130. The Kier molecular flexibility index (Phi) is 6.91. The molecule has 0 saturated heterocycles. The van der Waals surface area contributed by atoms with Gasteiger partial charge in [-0.15, -0.1) is 0 Å². The van der Waals surface area contributed by atoms with Gasteiger partial charge in [0.05, 0.1) is 12.7 Å². The molecule has 0 aliphatic heterocycles. The van der Waals surface area contributed by atoms with Crippen LogP contribution in [0.15, 0.2) is 61.1 Å². The number of aromatic nitrogens is 2. The zero-order valence-corrected chi connectivity index (χ0v) is 18.7. The number of carboxylic acids is 1. The summed E-state index contributed by atoms with van der Waals surface area (Å²) < 4.78 is 5.56. The lowest BCUT2D eigenvalue weighted by molar-refractivity contribution is -0.137. The number of aromatic amines is 1. The van der Waals surface area contributed by atoms with E-state index in [2.05, 4.69) is 32.7 Å². The van der Waals surface area contributed by atoms with E-state index in [1.807, 2.05) is 36.4 Å². The van der Waals surface area contributed by atoms with Gasteiger partial charge in [0.1, 0.15) is 12.6 Å². The highest BCUT2D eigenvalue weighted by atomic mass is 16.5. The predicted octanol–water partition coefficient (Wildman–Crippen LogP) is 2.84. The minimum absolute atomic E-state index is 0.103. The Morgan fingerprint density at radius 2 is 1.71 bits per heavy atom. The van der Waals surface area contributed by atoms with E-state index in [9.17, 15) is 14.4 Å². The molecule has 4 N–H and O–H groups in total. The lowest BCUT2D eigenvalue weighted by Crippen LogP contribution is -2.50. The van der Waals surface area contributed by atoms with E-state index in [-0.39, 0.29) is 25.4 Å². The van der Waals surface area contributed by atoms with Gasteiger partial charge < -0.3 is 25.5 Å². The average Bonchev–Trinajstić information content (AvgIpc) is 3.42. The maximum Gasteiger partial charge on any atom is 0.407 e. The summed E-state index contributed by atoms with van der Waals surface area (Å²) in [7, 11) is 0. The van der Waals surface area contributed by atoms with Crippen molar-refractivity contribution in [2.45, 2.75) is 37.8 Å². The molecule has 0 bridgehead atoms. The highest BCUT2D eigenvalue weighted by Gasteiger charge is 2.30. The number of hydrogen-bond acceptors (Lipinski definition) is 5. The van der Waals surface area contributed by atoms with Crippen molar-refractivity contribution in [1.82, 2.24) is 20.6 Å². The molecule has 0 fully saturated rings. The monoisotopic (exact) mass is 462 g/mol. The van der Waals surface area contributed by atoms with Gasteiger partial charge in [-0.2, -0.15) is 0 Å². The number of carbonyl (C=O) groups is 3. The molecule has 3 aromatic rings. The van der Waals surface area contributed by atoms with Crippen LogP contribution in [0.4, 0.5) is 4.79 Å². The van der Waals surface area contributed by atoms with Gasteiger partial charge in [0.15, 0.2) is 0 Å². The van der Waals surface area contributed by atoms with Crippen LogP contribution in [0.1, 0.15) is 36.1 Å². The number of carbonyl (C=O) groups excluding carboxylic acids is 2. The first-order valence-electron chi connectivity index (χ1n) is 11.0. The van der Waals surface area contributed by atoms with Crippen LogP contribution in [0.5, 0.6) is 0 Å². The summed E-state index contributed by atoms with van der Waals surface area (Å²) in [4.78, 5) is 43.2. The molecule has 2 amide bonds. The summed E-state index contributed by atoms with van der Waals surface area (Å²) in [6, 6.07) is 14.5. The quantitative estimate of drug-likeness (QED) is 0.386. The number of hydrogen-bond donors (Lipinski definition) is 4. The number of imidazole rings is 1. The van der Waals surface area contributed by atoms with Crippen molar-refractivity contribution in [3.63, 3.8) is 0 Å². The number of ether oxygens (including phenoxy) is 1. The van der Waals surface area contributed by atoms with Crippen LogP contribution in [0.3, 0.4) is 0 Å². The second-order valence-electron chi connectivity index (χ2n) is 8.31. The number of nitrogens with zero attached hydrogens (tertiary/aromatic N) is 1. The third-order valence-electron chi connectivity index (χ3n) is 5.80. The number of aliphatic carboxylic acids is 1. The van der Waals surface area contributed by atoms with Gasteiger partial charge in [-0.25, -0.2) is 9.78 Å². The number of rotatable bonds is 9. The highest BCUT2D eigenvalue weighted by molar-refractivity contribution is 5.86. The molecule has 1 aliphatic carbocycles. The average molecular weight is 463 g/mol. The summed E-state index contributed by atoms with van der Waals surface area (Å²) in [6.07, 6.45) is 2.22. The van der Waals surface area contributed by atoms with Crippen molar-refractivity contribution in [3.05, 3.63) is 77.9 Å². The largest absolute Gasteiger partial charge is 0.481 e. The minimum Gasteiger partial charge on any atom is -0.481 e. The van der Waals surface area contributed by atoms with Gasteiger partial charge >= 0.3 is 12.1 Å². The molecule has 0 unspecified atom stereocenters. The smallest absolute Gasteiger partial charge is 0.407 e. The van der Waals surface area contributed by atoms with E-state index in [0.29, 0.717) is 5.69 Å². The fraction of sp³-hybridized carbons (Fsp3) is 0.280. The van der Waals surface area contributed by atoms with Crippen molar-refractivity contribution in [2.75, 3.05) is 6.61 Å². The number of carboxylic acid groups (broad SMARTS) is 1. The zero-order chi connectivity index (χ0) is 24.1. The third kappa shape index (κ3) is 5.25. The Balaban J connectivity index is 1.43. The number of alkyl carbamates (subject to hydrolysis) is 1. The topological polar surface area (TPSA) is 133 Å². The first kappa shape index (κ1) is 23.0. The molecule has 1 heterocycles. The molecule has 34 heavy (non-hydrogen) atoms. The predicted molar refractivity (Wildman–Crippen MR) is 124 cm³/mol. The summed E-state index contributed by atoms with van der Waals surface area (Å²) in [5, 5.41) is 14.2. The normalized spacial score (nSPS) is 13.9. The molecule has 2 atom stereocenters. The Morgan fingerprint density at radius 1 is 1.06 bits per heavy atom. The number of amides is 2. The first-order valence-corrected chi connectivity index (χ1v) is 11.0. The molecule has 4 rings (SSSR count). The van der Waals surface area contributed by atoms with Crippen LogP contribution in [-0.4, -0.2) is 51.7 Å². The van der Waals surface area contributed by atoms with E-state index in [1.165, 1.54) is 6.33 Å². The molecule has 1 aromatic heterocycles. The lowest BCUT2D eigenvalue weighted by atomic mass is 9.98. The second kappa shape index (κ2) is 10.2. The molecule has 9 heteroatoms. The number of nitrogens with one attached hydrogen (secondary N) is 3. The number of benzene rings is 2. The van der Waals surface area contributed by atoms with Crippen LogP contribution in [-0.2, 0) is 20.7 Å². The van der Waals surface area contributed by atoms with E-state index >= 15 is 0 Å². The maximum absolute atomic E-state index is 12.8. The molecule has 1 aliphatic rings. The fourth-order valence-corrected chi connectivity index (χ4v) is 4.26. The molecule has 2 aromatic carbocycles. The van der Waals surface area contributed by atoms with E-state index in [4.69, 9.17) is 9.84 Å². The third-order valence-corrected chi connectivity index (χ3v) is 5.80. The van der Waals surface area contributed by atoms with Crippen LogP contribution in [0, 0.1) is 0 Å². The van der Waals surface area contributed by atoms with Crippen LogP contribution < -0.4 is 10.6 Å². The minimum atomic E-state index is -1.03. The van der Waals surface area contributed by atoms with E-state index in [1.54, 1.807) is 13.1 Å². The van der Waals surface area contributed by atoms with E-state index in [0.717, 1.165) is 22.3 Å². The highest BCUT2D eigenvalue weighted by Crippen LogP contribution is 2.44. The summed E-state index contributed by atoms with van der Waals surface area (Å²) >= 11 is 0. The van der Waals surface area contributed by atoms with Crippen LogP contribution >= 0.6 is 0 Å². The number of fused-ring (bicyclic) bond motifs is 3. The van der Waals surface area contributed by atoms with Crippen LogP contribution in [0.2, 0.25) is 0 Å². The molecular weight excluding hydrogens is 436 g/mol. The Labute approximate surface area is 196 Å². The molecule has 0 saturated carbocycles. The van der Waals surface area contributed by atoms with Crippen molar-refractivity contribution in [3.8, 4) is 11.1 Å². The Morgan fingerprint density at radius 3 is 2.29 bits per heavy atom. The summed E-state index contributed by atoms with van der Waals surface area (Å²) in [5.74, 6) is -1.63. The second-order valence-corrected chi connectivity index (χ2v) is 8.31. The first-order chi connectivity index (χ1) is 16.4. The van der Waals surface area contributed by atoms with Crippen molar-refractivity contribution < 1.29 is 24.2 Å². The van der Waals surface area contributed by atoms with Crippen LogP contribution in [0.25, 0.3) is 11.1 Å².